The van der Waals surface area contributed by atoms with Gasteiger partial charge >= 0.3 is 0 Å². The van der Waals surface area contributed by atoms with Crippen LogP contribution in [-0.2, 0) is 16.0 Å². The topological polar surface area (TPSA) is 65.6 Å². The van der Waals surface area contributed by atoms with Crippen molar-refractivity contribution in [2.45, 2.75) is 50.6 Å². The molecule has 1 saturated heterocycles. The first-order chi connectivity index (χ1) is 17.2. The Bertz CT molecular complexity index is 1320. The van der Waals surface area contributed by atoms with E-state index in [4.69, 9.17) is 4.74 Å². The lowest BCUT2D eigenvalue weighted by molar-refractivity contribution is -0.158. The maximum atomic E-state index is 13.8. The van der Waals surface area contributed by atoms with Crippen LogP contribution in [0.2, 0.25) is 0 Å². The zero-order chi connectivity index (χ0) is 23.9. The molecule has 0 spiro atoms. The highest BCUT2D eigenvalue weighted by Crippen LogP contribution is 2.44. The van der Waals surface area contributed by atoms with Gasteiger partial charge in [-0.3, -0.25) is 9.59 Å². The van der Waals surface area contributed by atoms with E-state index in [2.05, 4.69) is 23.2 Å². The van der Waals surface area contributed by atoms with Gasteiger partial charge in [0.05, 0.1) is 13.7 Å². The van der Waals surface area contributed by atoms with Gasteiger partial charge < -0.3 is 19.5 Å². The fourth-order valence-corrected chi connectivity index (χ4v) is 6.14. The lowest BCUT2D eigenvalue weighted by Crippen LogP contribution is -2.63. The summed E-state index contributed by atoms with van der Waals surface area (Å²) < 4.78 is 5.70. The van der Waals surface area contributed by atoms with E-state index in [1.807, 2.05) is 41.3 Å². The maximum Gasteiger partial charge on any atom is 0.246 e. The molecule has 3 aliphatic rings. The number of hydrogen-bond acceptors (Lipinski definition) is 3. The molecule has 0 radical (unpaired) electrons. The Kier molecular flexibility index (Phi) is 5.59. The summed E-state index contributed by atoms with van der Waals surface area (Å²) in [6.07, 6.45) is 8.41. The number of benzene rings is 2. The van der Waals surface area contributed by atoms with E-state index in [0.717, 1.165) is 52.7 Å². The Morgan fingerprint density at radius 1 is 1.06 bits per heavy atom. The lowest BCUT2D eigenvalue weighted by atomic mass is 9.85. The molecule has 1 fully saturated rings. The molecule has 6 rings (SSSR count). The van der Waals surface area contributed by atoms with Crippen molar-refractivity contribution in [1.29, 1.82) is 0 Å². The summed E-state index contributed by atoms with van der Waals surface area (Å²) in [7, 11) is 1.65. The van der Waals surface area contributed by atoms with Crippen molar-refractivity contribution in [3.05, 3.63) is 77.0 Å². The number of aromatic nitrogens is 1. The number of fused-ring (bicyclic) bond motifs is 4. The number of methoxy groups -OCH3 is 1. The van der Waals surface area contributed by atoms with Gasteiger partial charge in [-0.1, -0.05) is 48.0 Å². The van der Waals surface area contributed by atoms with E-state index in [1.54, 1.807) is 12.0 Å². The summed E-state index contributed by atoms with van der Waals surface area (Å²) in [5.74, 6) is 0.763. The minimum absolute atomic E-state index is 0.00700. The van der Waals surface area contributed by atoms with Crippen LogP contribution in [0, 0.1) is 0 Å². The molecule has 2 atom stereocenters. The first-order valence-corrected chi connectivity index (χ1v) is 12.7. The molecule has 1 aromatic heterocycles. The second kappa shape index (κ2) is 8.91. The molecule has 0 unspecified atom stereocenters. The van der Waals surface area contributed by atoms with Crippen LogP contribution in [0.15, 0.2) is 60.2 Å². The summed E-state index contributed by atoms with van der Waals surface area (Å²) in [4.78, 5) is 34.7. The number of rotatable bonds is 5. The fourth-order valence-electron chi connectivity index (χ4n) is 6.14. The number of piperazine rings is 1. The molecule has 2 aliphatic heterocycles. The van der Waals surface area contributed by atoms with Crippen LogP contribution in [0.5, 0.6) is 5.75 Å². The largest absolute Gasteiger partial charge is 0.496 e. The van der Waals surface area contributed by atoms with Crippen LogP contribution in [0.4, 0.5) is 0 Å². The highest BCUT2D eigenvalue weighted by molar-refractivity contribution is 5.97. The number of carbonyl (C=O) groups is 2. The molecule has 0 bridgehead atoms. The Morgan fingerprint density at radius 3 is 2.71 bits per heavy atom. The highest BCUT2D eigenvalue weighted by atomic mass is 16.5. The highest BCUT2D eigenvalue weighted by Gasteiger charge is 2.48. The van der Waals surface area contributed by atoms with Gasteiger partial charge in [-0.05, 0) is 49.8 Å². The average Bonchev–Trinajstić information content (AvgIpc) is 3.28. The standard InChI is InChI=1S/C29H31N3O3/c1-35-25-14-8-6-12-21(25)28-27-22(20-11-5-7-13-23(20)30-27)17-24-29(34)31(18-26(33)32(24)28)16-15-19-9-3-2-4-10-19/h5-9,11-14,24,28,30H,2-4,10,15-18H2,1H3/t24-,28+/m0/s1. The number of nitrogens with zero attached hydrogens (tertiary/aromatic N) is 2. The summed E-state index contributed by atoms with van der Waals surface area (Å²) in [5.41, 5.74) is 5.45. The predicted molar refractivity (Wildman–Crippen MR) is 135 cm³/mol. The minimum Gasteiger partial charge on any atom is -0.496 e. The number of nitrogens with one attached hydrogen (secondary N) is 1. The molecule has 1 N–H and O–H groups in total. The maximum absolute atomic E-state index is 13.8. The number of hydrogen-bond donors (Lipinski definition) is 1. The Morgan fingerprint density at radius 2 is 1.89 bits per heavy atom. The van der Waals surface area contributed by atoms with Gasteiger partial charge in [0.1, 0.15) is 17.8 Å². The van der Waals surface area contributed by atoms with E-state index >= 15 is 0 Å². The van der Waals surface area contributed by atoms with Crippen LogP contribution in [0.25, 0.3) is 10.9 Å². The fraction of sp³-hybridized carbons (Fsp3) is 0.379. The van der Waals surface area contributed by atoms with E-state index < -0.39 is 12.1 Å². The summed E-state index contributed by atoms with van der Waals surface area (Å²) >= 11 is 0. The Balaban J connectivity index is 1.41. The molecule has 3 aromatic rings. The lowest BCUT2D eigenvalue weighted by Gasteiger charge is -2.47. The van der Waals surface area contributed by atoms with Gasteiger partial charge in [0.15, 0.2) is 0 Å². The molecular weight excluding hydrogens is 438 g/mol. The second-order valence-electron chi connectivity index (χ2n) is 9.85. The van der Waals surface area contributed by atoms with E-state index in [9.17, 15) is 9.59 Å². The molecule has 0 saturated carbocycles. The van der Waals surface area contributed by atoms with Crippen molar-refractivity contribution in [2.24, 2.45) is 0 Å². The Labute approximate surface area is 205 Å². The van der Waals surface area contributed by atoms with Crippen molar-refractivity contribution in [3.63, 3.8) is 0 Å². The number of H-pyrrole nitrogens is 1. The zero-order valence-corrected chi connectivity index (χ0v) is 20.1. The van der Waals surface area contributed by atoms with Gasteiger partial charge in [0.25, 0.3) is 0 Å². The third-order valence-electron chi connectivity index (χ3n) is 7.86. The van der Waals surface area contributed by atoms with Gasteiger partial charge in [-0.2, -0.15) is 0 Å². The van der Waals surface area contributed by atoms with Gasteiger partial charge in [-0.25, -0.2) is 0 Å². The molecule has 2 aromatic carbocycles. The number of amides is 2. The van der Waals surface area contributed by atoms with Crippen molar-refractivity contribution < 1.29 is 14.3 Å². The van der Waals surface area contributed by atoms with E-state index in [1.165, 1.54) is 18.4 Å². The number of para-hydroxylation sites is 2. The van der Waals surface area contributed by atoms with Crippen LogP contribution in [0.3, 0.4) is 0 Å². The molecular formula is C29H31N3O3. The summed E-state index contributed by atoms with van der Waals surface area (Å²) in [5, 5.41) is 1.12. The monoisotopic (exact) mass is 469 g/mol. The average molecular weight is 470 g/mol. The van der Waals surface area contributed by atoms with Crippen molar-refractivity contribution in [3.8, 4) is 5.75 Å². The molecule has 3 heterocycles. The van der Waals surface area contributed by atoms with Crippen LogP contribution >= 0.6 is 0 Å². The normalized spacial score (nSPS) is 22.1. The number of aromatic amines is 1. The third-order valence-corrected chi connectivity index (χ3v) is 7.86. The number of allylic oxidation sites excluding steroid dienone is 1. The van der Waals surface area contributed by atoms with Crippen molar-refractivity contribution in [2.75, 3.05) is 20.2 Å². The van der Waals surface area contributed by atoms with Crippen molar-refractivity contribution in [1.82, 2.24) is 14.8 Å². The van der Waals surface area contributed by atoms with Gasteiger partial charge in [-0.15, -0.1) is 0 Å². The number of ether oxygens (including phenoxy) is 1. The molecule has 6 heteroatoms. The third kappa shape index (κ3) is 3.72. The van der Waals surface area contributed by atoms with E-state index in [0.29, 0.717) is 13.0 Å². The Hall–Kier alpha value is -3.54. The number of carbonyl (C=O) groups excluding carboxylic acids is 2. The molecule has 2 amide bonds. The smallest absolute Gasteiger partial charge is 0.246 e. The molecule has 1 aliphatic carbocycles. The van der Waals surface area contributed by atoms with Gasteiger partial charge in [0.2, 0.25) is 11.8 Å². The first-order valence-electron chi connectivity index (χ1n) is 12.7. The molecule has 6 nitrogen and oxygen atoms in total. The molecule has 35 heavy (non-hydrogen) atoms. The summed E-state index contributed by atoms with van der Waals surface area (Å²) in [6.45, 7) is 0.741. The van der Waals surface area contributed by atoms with Crippen LogP contribution in [0.1, 0.15) is 55.0 Å². The zero-order valence-electron chi connectivity index (χ0n) is 20.1. The minimum atomic E-state index is -0.516. The second-order valence-corrected chi connectivity index (χ2v) is 9.85. The van der Waals surface area contributed by atoms with E-state index in [-0.39, 0.29) is 18.4 Å². The SMILES string of the molecule is COc1ccccc1[C@@H]1c2[nH]c3ccccc3c2C[C@H]2C(=O)N(CCC3=CCCCC3)CC(=O)N12. The molecule has 180 valence electrons. The van der Waals surface area contributed by atoms with Crippen molar-refractivity contribution >= 4 is 22.7 Å². The van der Waals surface area contributed by atoms with Crippen LogP contribution < -0.4 is 4.74 Å². The first kappa shape index (κ1) is 22.0. The predicted octanol–water partition coefficient (Wildman–Crippen LogP) is 4.75. The quantitative estimate of drug-likeness (QED) is 0.549. The van der Waals surface area contributed by atoms with Gasteiger partial charge in [0, 0.05) is 35.1 Å². The van der Waals surface area contributed by atoms with Crippen LogP contribution in [-0.4, -0.2) is 52.8 Å². The summed E-state index contributed by atoms with van der Waals surface area (Å²) in [6, 6.07) is 15.1.